The average molecular weight is 493 g/mol. The second-order valence-corrected chi connectivity index (χ2v) is 5.96. The van der Waals surface area contributed by atoms with Crippen molar-refractivity contribution < 1.29 is 18.9 Å². The quantitative estimate of drug-likeness (QED) is 0.238. The van der Waals surface area contributed by atoms with Gasteiger partial charge >= 0.3 is 0 Å². The first kappa shape index (κ1) is 23.8. The second kappa shape index (κ2) is 13.8. The molecule has 1 aromatic rings. The minimum atomic E-state index is 0. The Morgan fingerprint density at radius 1 is 1.26 bits per heavy atom. The first-order valence-corrected chi connectivity index (χ1v) is 9.24. The number of anilines is 1. The van der Waals surface area contributed by atoms with Crippen molar-refractivity contribution in [2.75, 3.05) is 52.4 Å². The summed E-state index contributed by atoms with van der Waals surface area (Å²) < 4.78 is 22.1. The van der Waals surface area contributed by atoms with E-state index in [-0.39, 0.29) is 24.0 Å². The maximum atomic E-state index is 5.87. The Balaban J connectivity index is 0.00000364. The fourth-order valence-electron chi connectivity index (χ4n) is 2.71. The van der Waals surface area contributed by atoms with Crippen molar-refractivity contribution in [2.45, 2.75) is 32.3 Å². The van der Waals surface area contributed by atoms with Crippen LogP contribution in [-0.2, 0) is 9.47 Å². The van der Waals surface area contributed by atoms with Gasteiger partial charge < -0.3 is 29.6 Å². The van der Waals surface area contributed by atoms with Gasteiger partial charge in [0.2, 0.25) is 0 Å². The first-order valence-electron chi connectivity index (χ1n) is 9.24. The van der Waals surface area contributed by atoms with Gasteiger partial charge in [-0.2, -0.15) is 0 Å². The lowest BCUT2D eigenvalue weighted by Crippen LogP contribution is -2.32. The smallest absolute Gasteiger partial charge is 0.195 e. The molecule has 0 saturated carbocycles. The van der Waals surface area contributed by atoms with Crippen LogP contribution in [0.15, 0.2) is 23.2 Å². The van der Waals surface area contributed by atoms with E-state index in [4.69, 9.17) is 18.9 Å². The molecule has 0 aliphatic carbocycles. The zero-order valence-electron chi connectivity index (χ0n) is 16.5. The molecule has 7 nitrogen and oxygen atoms in total. The van der Waals surface area contributed by atoms with Crippen LogP contribution in [0, 0.1) is 0 Å². The Kier molecular flexibility index (Phi) is 12.2. The topological polar surface area (TPSA) is 73.3 Å². The predicted molar refractivity (Wildman–Crippen MR) is 119 cm³/mol. The fourth-order valence-corrected chi connectivity index (χ4v) is 2.71. The molecule has 0 atom stereocenters. The number of hydrogen-bond acceptors (Lipinski definition) is 5. The molecule has 154 valence electrons. The Morgan fingerprint density at radius 2 is 2.04 bits per heavy atom. The Bertz CT molecular complexity index is 566. The van der Waals surface area contributed by atoms with Crippen LogP contribution >= 0.6 is 24.0 Å². The van der Waals surface area contributed by atoms with Crippen molar-refractivity contribution in [3.05, 3.63) is 18.2 Å². The van der Waals surface area contributed by atoms with Crippen LogP contribution in [-0.4, -0.2) is 59.2 Å². The lowest BCUT2D eigenvalue weighted by atomic mass is 10.1. The maximum absolute atomic E-state index is 5.87. The van der Waals surface area contributed by atoms with Crippen molar-refractivity contribution in [1.82, 2.24) is 5.32 Å². The summed E-state index contributed by atoms with van der Waals surface area (Å²) in [5.74, 6) is 2.13. The number of ether oxygens (including phenoxy) is 4. The van der Waals surface area contributed by atoms with Crippen LogP contribution in [0.3, 0.4) is 0 Å². The van der Waals surface area contributed by atoms with E-state index >= 15 is 0 Å². The normalized spacial score (nSPS) is 15.0. The summed E-state index contributed by atoms with van der Waals surface area (Å²) in [5, 5.41) is 6.55. The van der Waals surface area contributed by atoms with Crippen molar-refractivity contribution in [3.8, 4) is 11.5 Å². The summed E-state index contributed by atoms with van der Waals surface area (Å²) in [6.45, 7) is 5.70. The number of hydrogen-bond donors (Lipinski definition) is 2. The summed E-state index contributed by atoms with van der Waals surface area (Å²) in [6, 6.07) is 5.72. The number of guanidine groups is 1. The summed E-state index contributed by atoms with van der Waals surface area (Å²) in [4.78, 5) is 4.25. The summed E-state index contributed by atoms with van der Waals surface area (Å²) in [6.07, 6.45) is 3.26. The first-order chi connectivity index (χ1) is 12.8. The maximum Gasteiger partial charge on any atom is 0.195 e. The number of nitrogens with zero attached hydrogens (tertiary/aromatic N) is 1. The van der Waals surface area contributed by atoms with Crippen LogP contribution in [0.25, 0.3) is 0 Å². The van der Waals surface area contributed by atoms with Crippen molar-refractivity contribution >= 4 is 35.6 Å². The average Bonchev–Trinajstić information content (AvgIpc) is 2.68. The minimum Gasteiger partial charge on any atom is -0.493 e. The van der Waals surface area contributed by atoms with Crippen LogP contribution in [0.4, 0.5) is 5.69 Å². The van der Waals surface area contributed by atoms with E-state index in [0.717, 1.165) is 57.1 Å². The third-order valence-corrected chi connectivity index (χ3v) is 4.09. The van der Waals surface area contributed by atoms with Gasteiger partial charge in [0.05, 0.1) is 19.8 Å². The SMILES string of the molecule is CCOc1ccc(NC(=NC)NCCCOC2CCOCC2)cc1OC.I. The molecular weight excluding hydrogens is 461 g/mol. The van der Waals surface area contributed by atoms with E-state index in [1.807, 2.05) is 25.1 Å². The molecule has 1 saturated heterocycles. The van der Waals surface area contributed by atoms with E-state index in [2.05, 4.69) is 15.6 Å². The number of nitrogens with one attached hydrogen (secondary N) is 2. The predicted octanol–water partition coefficient (Wildman–Crippen LogP) is 3.28. The number of methoxy groups -OCH3 is 1. The monoisotopic (exact) mass is 493 g/mol. The van der Waals surface area contributed by atoms with Crippen LogP contribution in [0.5, 0.6) is 11.5 Å². The van der Waals surface area contributed by atoms with Gasteiger partial charge in [0.25, 0.3) is 0 Å². The second-order valence-electron chi connectivity index (χ2n) is 5.96. The number of aliphatic imine (C=N–C) groups is 1. The number of halogens is 1. The molecule has 0 aromatic heterocycles. The zero-order valence-corrected chi connectivity index (χ0v) is 18.8. The lowest BCUT2D eigenvalue weighted by Gasteiger charge is -2.22. The van der Waals surface area contributed by atoms with Crippen LogP contribution in [0.1, 0.15) is 26.2 Å². The van der Waals surface area contributed by atoms with E-state index < -0.39 is 0 Å². The van der Waals surface area contributed by atoms with Gasteiger partial charge in [0.15, 0.2) is 17.5 Å². The lowest BCUT2D eigenvalue weighted by molar-refractivity contribution is -0.0320. The van der Waals surface area contributed by atoms with Crippen molar-refractivity contribution in [1.29, 1.82) is 0 Å². The molecule has 1 aliphatic heterocycles. The minimum absolute atomic E-state index is 0. The molecule has 1 aliphatic rings. The zero-order chi connectivity index (χ0) is 18.6. The molecule has 2 N–H and O–H groups in total. The standard InChI is InChI=1S/C19H31N3O4.HI/c1-4-25-17-7-6-15(14-18(17)23-3)22-19(20-2)21-10-5-11-26-16-8-12-24-13-9-16;/h6-7,14,16H,4-5,8-13H2,1-3H3,(H2,20,21,22);1H. The third-order valence-electron chi connectivity index (χ3n) is 4.09. The summed E-state index contributed by atoms with van der Waals surface area (Å²) >= 11 is 0. The van der Waals surface area contributed by atoms with Gasteiger partial charge in [-0.3, -0.25) is 4.99 Å². The molecule has 2 rings (SSSR count). The van der Waals surface area contributed by atoms with Gasteiger partial charge in [0, 0.05) is 45.2 Å². The number of benzene rings is 1. The van der Waals surface area contributed by atoms with E-state index in [9.17, 15) is 0 Å². The third kappa shape index (κ3) is 8.52. The summed E-state index contributed by atoms with van der Waals surface area (Å²) in [7, 11) is 3.38. The van der Waals surface area contributed by atoms with E-state index in [1.165, 1.54) is 0 Å². The molecule has 1 fully saturated rings. The molecular formula is C19H32IN3O4. The molecule has 0 unspecified atom stereocenters. The molecule has 0 amide bonds. The molecule has 0 bridgehead atoms. The van der Waals surface area contributed by atoms with Gasteiger partial charge in [-0.25, -0.2) is 0 Å². The largest absolute Gasteiger partial charge is 0.493 e. The van der Waals surface area contributed by atoms with Crippen LogP contribution in [0.2, 0.25) is 0 Å². The van der Waals surface area contributed by atoms with E-state index in [0.29, 0.717) is 24.4 Å². The molecule has 1 aromatic carbocycles. The molecule has 0 spiro atoms. The Hall–Kier alpha value is -1.26. The Morgan fingerprint density at radius 3 is 2.70 bits per heavy atom. The van der Waals surface area contributed by atoms with Gasteiger partial charge in [-0.15, -0.1) is 24.0 Å². The van der Waals surface area contributed by atoms with E-state index in [1.54, 1.807) is 14.2 Å². The van der Waals surface area contributed by atoms with Crippen LogP contribution < -0.4 is 20.1 Å². The highest BCUT2D eigenvalue weighted by Gasteiger charge is 2.13. The van der Waals surface area contributed by atoms with Crippen molar-refractivity contribution in [2.24, 2.45) is 4.99 Å². The Labute approximate surface area is 179 Å². The highest BCUT2D eigenvalue weighted by Crippen LogP contribution is 2.30. The fraction of sp³-hybridized carbons (Fsp3) is 0.632. The number of rotatable bonds is 9. The molecule has 0 radical (unpaired) electrons. The highest BCUT2D eigenvalue weighted by atomic mass is 127. The highest BCUT2D eigenvalue weighted by molar-refractivity contribution is 14.0. The molecule has 1 heterocycles. The summed E-state index contributed by atoms with van der Waals surface area (Å²) in [5.41, 5.74) is 0.886. The molecule has 27 heavy (non-hydrogen) atoms. The van der Waals surface area contributed by atoms with Gasteiger partial charge in [-0.05, 0) is 38.3 Å². The molecule has 8 heteroatoms. The van der Waals surface area contributed by atoms with Gasteiger partial charge in [0.1, 0.15) is 0 Å². The van der Waals surface area contributed by atoms with Crippen molar-refractivity contribution in [3.63, 3.8) is 0 Å². The van der Waals surface area contributed by atoms with Gasteiger partial charge in [-0.1, -0.05) is 0 Å².